The molecule has 8 heteroatoms. The number of hydrogen-bond acceptors (Lipinski definition) is 8. The van der Waals surface area contributed by atoms with Crippen molar-refractivity contribution < 1.29 is 9.26 Å². The SMILES string of the molecule is C=C(C)N1CCN(c2nc(-c3ccc(C=N)c(NC(C)COC)c3)no2)CC1. The first-order chi connectivity index (χ1) is 13.5. The lowest BCUT2D eigenvalue weighted by atomic mass is 10.1. The van der Waals surface area contributed by atoms with Crippen LogP contribution in [-0.2, 0) is 4.74 Å². The standard InChI is InChI=1S/C20H28N6O2/c1-14(2)25-7-9-26(10-8-25)20-23-19(24-28-20)16-5-6-17(12-21)18(11-16)22-15(3)13-27-4/h5-6,11-12,15,21-22H,1,7-10,13H2,2-4H3. The van der Waals surface area contributed by atoms with Gasteiger partial charge in [-0.3, -0.25) is 0 Å². The lowest BCUT2D eigenvalue weighted by Crippen LogP contribution is -2.45. The molecule has 0 aliphatic carbocycles. The molecular formula is C20H28N6O2. The molecule has 3 rings (SSSR count). The first kappa shape index (κ1) is 19.9. The van der Waals surface area contributed by atoms with Crippen molar-refractivity contribution in [1.82, 2.24) is 15.0 Å². The average Bonchev–Trinajstić information content (AvgIpc) is 3.18. The Kier molecular flexibility index (Phi) is 6.30. The van der Waals surface area contributed by atoms with Crippen molar-refractivity contribution in [1.29, 1.82) is 5.41 Å². The zero-order chi connectivity index (χ0) is 20.1. The smallest absolute Gasteiger partial charge is 0.324 e. The van der Waals surface area contributed by atoms with E-state index in [-0.39, 0.29) is 6.04 Å². The van der Waals surface area contributed by atoms with Crippen LogP contribution in [0.5, 0.6) is 0 Å². The number of methoxy groups -OCH3 is 1. The molecule has 0 amide bonds. The van der Waals surface area contributed by atoms with Gasteiger partial charge in [0.2, 0.25) is 5.82 Å². The molecule has 1 atom stereocenters. The lowest BCUT2D eigenvalue weighted by molar-refractivity contribution is 0.190. The number of hydrogen-bond donors (Lipinski definition) is 2. The summed E-state index contributed by atoms with van der Waals surface area (Å²) in [5.74, 6) is 0.538. The van der Waals surface area contributed by atoms with Crippen molar-refractivity contribution in [2.45, 2.75) is 19.9 Å². The summed E-state index contributed by atoms with van der Waals surface area (Å²) < 4.78 is 10.7. The predicted octanol–water partition coefficient (Wildman–Crippen LogP) is 2.84. The van der Waals surface area contributed by atoms with Crippen LogP contribution in [0.2, 0.25) is 0 Å². The van der Waals surface area contributed by atoms with E-state index in [0.717, 1.165) is 48.7 Å². The quantitative estimate of drug-likeness (QED) is 0.676. The Labute approximate surface area is 165 Å². The maximum Gasteiger partial charge on any atom is 0.324 e. The van der Waals surface area contributed by atoms with Crippen molar-refractivity contribution in [3.63, 3.8) is 0 Å². The summed E-state index contributed by atoms with van der Waals surface area (Å²) in [6.45, 7) is 12.1. The molecule has 1 aliphatic rings. The van der Waals surface area contributed by atoms with Gasteiger partial charge in [-0.05, 0) is 19.9 Å². The molecule has 0 bridgehead atoms. The molecule has 2 N–H and O–H groups in total. The zero-order valence-corrected chi connectivity index (χ0v) is 16.7. The van der Waals surface area contributed by atoms with Gasteiger partial charge in [0, 0.05) is 68.1 Å². The number of benzene rings is 1. The Morgan fingerprint density at radius 1 is 1.39 bits per heavy atom. The summed E-state index contributed by atoms with van der Waals surface area (Å²) in [7, 11) is 1.67. The topological polar surface area (TPSA) is 90.5 Å². The minimum absolute atomic E-state index is 0.115. The van der Waals surface area contributed by atoms with Crippen molar-refractivity contribution in [2.75, 3.05) is 50.1 Å². The van der Waals surface area contributed by atoms with E-state index < -0.39 is 0 Å². The highest BCUT2D eigenvalue weighted by Crippen LogP contribution is 2.26. The fraction of sp³-hybridized carbons (Fsp3) is 0.450. The zero-order valence-electron chi connectivity index (χ0n) is 16.7. The summed E-state index contributed by atoms with van der Waals surface area (Å²) in [6.07, 6.45) is 1.33. The first-order valence-corrected chi connectivity index (χ1v) is 9.41. The number of nitrogens with one attached hydrogen (secondary N) is 2. The van der Waals surface area contributed by atoms with Crippen LogP contribution in [0.4, 0.5) is 11.7 Å². The van der Waals surface area contributed by atoms with Crippen LogP contribution in [0.25, 0.3) is 11.4 Å². The minimum Gasteiger partial charge on any atom is -0.383 e. The summed E-state index contributed by atoms with van der Waals surface area (Å²) >= 11 is 0. The van der Waals surface area contributed by atoms with Crippen LogP contribution in [0.15, 0.2) is 35.0 Å². The van der Waals surface area contributed by atoms with Gasteiger partial charge in [-0.25, -0.2) is 0 Å². The van der Waals surface area contributed by atoms with Crippen molar-refractivity contribution in [2.24, 2.45) is 0 Å². The summed E-state index contributed by atoms with van der Waals surface area (Å²) in [5.41, 5.74) is 3.57. The monoisotopic (exact) mass is 384 g/mol. The number of piperazine rings is 1. The highest BCUT2D eigenvalue weighted by atomic mass is 16.5. The Morgan fingerprint density at radius 2 is 2.14 bits per heavy atom. The van der Waals surface area contributed by atoms with Gasteiger partial charge in [-0.2, -0.15) is 4.98 Å². The molecule has 1 unspecified atom stereocenters. The molecule has 8 nitrogen and oxygen atoms in total. The fourth-order valence-electron chi connectivity index (χ4n) is 3.24. The normalized spacial score (nSPS) is 15.4. The highest BCUT2D eigenvalue weighted by Gasteiger charge is 2.21. The van der Waals surface area contributed by atoms with Crippen LogP contribution < -0.4 is 10.2 Å². The molecule has 1 saturated heterocycles. The molecule has 1 aliphatic heterocycles. The molecule has 0 saturated carbocycles. The van der Waals surface area contributed by atoms with Gasteiger partial charge in [0.25, 0.3) is 0 Å². The lowest BCUT2D eigenvalue weighted by Gasteiger charge is -2.35. The Balaban J connectivity index is 1.75. The molecule has 2 heterocycles. The summed E-state index contributed by atoms with van der Waals surface area (Å²) in [6, 6.07) is 6.38. The predicted molar refractivity (Wildman–Crippen MR) is 111 cm³/mol. The molecule has 0 radical (unpaired) electrons. The van der Waals surface area contributed by atoms with E-state index >= 15 is 0 Å². The minimum atomic E-state index is 0.115. The van der Waals surface area contributed by atoms with Crippen LogP contribution in [0.3, 0.4) is 0 Å². The number of aromatic nitrogens is 2. The molecular weight excluding hydrogens is 356 g/mol. The second-order valence-corrected chi connectivity index (χ2v) is 7.06. The molecule has 0 spiro atoms. The van der Waals surface area contributed by atoms with E-state index in [1.165, 1.54) is 6.21 Å². The third kappa shape index (κ3) is 4.51. The van der Waals surface area contributed by atoms with Crippen LogP contribution >= 0.6 is 0 Å². The second-order valence-electron chi connectivity index (χ2n) is 7.06. The number of nitrogens with zero attached hydrogens (tertiary/aromatic N) is 4. The van der Waals surface area contributed by atoms with Crippen molar-refractivity contribution in [3.05, 3.63) is 36.0 Å². The summed E-state index contributed by atoms with van der Waals surface area (Å²) in [5, 5.41) is 15.2. The van der Waals surface area contributed by atoms with E-state index in [0.29, 0.717) is 18.4 Å². The van der Waals surface area contributed by atoms with E-state index in [1.54, 1.807) is 7.11 Å². The third-order valence-electron chi connectivity index (χ3n) is 4.79. The van der Waals surface area contributed by atoms with E-state index in [1.807, 2.05) is 32.0 Å². The van der Waals surface area contributed by atoms with Crippen LogP contribution in [0.1, 0.15) is 19.4 Å². The molecule has 28 heavy (non-hydrogen) atoms. The largest absolute Gasteiger partial charge is 0.383 e. The Bertz CT molecular complexity index is 826. The summed E-state index contributed by atoms with van der Waals surface area (Å²) in [4.78, 5) is 8.94. The van der Waals surface area contributed by atoms with Crippen molar-refractivity contribution in [3.8, 4) is 11.4 Å². The van der Waals surface area contributed by atoms with Crippen molar-refractivity contribution >= 4 is 17.9 Å². The van der Waals surface area contributed by atoms with E-state index in [2.05, 4.69) is 31.8 Å². The molecule has 1 aromatic heterocycles. The van der Waals surface area contributed by atoms with Gasteiger partial charge in [0.1, 0.15) is 0 Å². The third-order valence-corrected chi connectivity index (χ3v) is 4.79. The molecule has 2 aromatic rings. The van der Waals surface area contributed by atoms with Gasteiger partial charge in [0.15, 0.2) is 0 Å². The van der Waals surface area contributed by atoms with Gasteiger partial charge in [0.05, 0.1) is 6.61 Å². The first-order valence-electron chi connectivity index (χ1n) is 9.41. The van der Waals surface area contributed by atoms with Gasteiger partial charge >= 0.3 is 6.01 Å². The highest BCUT2D eigenvalue weighted by molar-refractivity contribution is 5.87. The number of allylic oxidation sites excluding steroid dienone is 1. The number of anilines is 2. The fourth-order valence-corrected chi connectivity index (χ4v) is 3.24. The number of ether oxygens (including phenoxy) is 1. The van der Waals surface area contributed by atoms with Crippen LogP contribution in [-0.4, -0.2) is 67.2 Å². The maximum atomic E-state index is 7.63. The second kappa shape index (κ2) is 8.88. The molecule has 1 fully saturated rings. The Hall–Kier alpha value is -2.87. The molecule has 150 valence electrons. The number of rotatable bonds is 8. The Morgan fingerprint density at radius 3 is 2.79 bits per heavy atom. The average molecular weight is 384 g/mol. The van der Waals surface area contributed by atoms with Gasteiger partial charge in [-0.1, -0.05) is 23.9 Å². The maximum absolute atomic E-state index is 7.63. The van der Waals surface area contributed by atoms with E-state index in [4.69, 9.17) is 14.7 Å². The van der Waals surface area contributed by atoms with Gasteiger partial charge < -0.3 is 29.8 Å². The van der Waals surface area contributed by atoms with E-state index in [9.17, 15) is 0 Å². The van der Waals surface area contributed by atoms with Gasteiger partial charge in [-0.15, -0.1) is 0 Å². The van der Waals surface area contributed by atoms with Crippen LogP contribution in [0, 0.1) is 5.41 Å². The molecule has 1 aromatic carbocycles.